The van der Waals surface area contributed by atoms with Crippen LogP contribution < -0.4 is 5.32 Å². The molecule has 1 N–H and O–H groups in total. The van der Waals surface area contributed by atoms with E-state index in [2.05, 4.69) is 10.2 Å². The van der Waals surface area contributed by atoms with E-state index in [-0.39, 0.29) is 0 Å². The van der Waals surface area contributed by atoms with E-state index in [1.807, 2.05) is 0 Å². The molecule has 0 aliphatic carbocycles. The van der Waals surface area contributed by atoms with Crippen LogP contribution in [-0.2, 0) is 6.54 Å². The molecule has 2 heterocycles. The van der Waals surface area contributed by atoms with Gasteiger partial charge in [-0.25, -0.2) is 8.78 Å². The first kappa shape index (κ1) is 10.2. The molecule has 0 amide bonds. The van der Waals surface area contributed by atoms with E-state index in [0.717, 1.165) is 25.6 Å². The number of fused-ring (bicyclic) bond motifs is 2. The SMILES string of the molecule is Fc1ccc(CN2C[C@H]3C[C@@H]2CN3)c(F)c1. The maximum absolute atomic E-state index is 13.5. The van der Waals surface area contributed by atoms with Gasteiger partial charge in [0.2, 0.25) is 0 Å². The van der Waals surface area contributed by atoms with Crippen molar-refractivity contribution in [1.82, 2.24) is 10.2 Å². The third-order valence-corrected chi connectivity index (χ3v) is 3.56. The fourth-order valence-corrected chi connectivity index (χ4v) is 2.71. The van der Waals surface area contributed by atoms with Crippen LogP contribution in [0, 0.1) is 11.6 Å². The van der Waals surface area contributed by atoms with Gasteiger partial charge in [-0.05, 0) is 12.5 Å². The second-order valence-corrected chi connectivity index (χ2v) is 4.66. The van der Waals surface area contributed by atoms with E-state index in [9.17, 15) is 8.78 Å². The lowest BCUT2D eigenvalue weighted by molar-refractivity contribution is 0.215. The molecule has 0 unspecified atom stereocenters. The van der Waals surface area contributed by atoms with E-state index in [4.69, 9.17) is 0 Å². The Morgan fingerprint density at radius 1 is 1.38 bits per heavy atom. The summed E-state index contributed by atoms with van der Waals surface area (Å²) in [7, 11) is 0. The number of hydrogen-bond donors (Lipinski definition) is 1. The molecule has 0 saturated carbocycles. The van der Waals surface area contributed by atoms with Crippen LogP contribution in [0.3, 0.4) is 0 Å². The number of benzene rings is 1. The van der Waals surface area contributed by atoms with E-state index in [1.165, 1.54) is 6.07 Å². The van der Waals surface area contributed by atoms with Crippen molar-refractivity contribution in [2.75, 3.05) is 13.1 Å². The second kappa shape index (κ2) is 3.79. The highest BCUT2D eigenvalue weighted by molar-refractivity contribution is 5.19. The Labute approximate surface area is 93.3 Å². The summed E-state index contributed by atoms with van der Waals surface area (Å²) in [5.74, 6) is -0.943. The zero-order valence-electron chi connectivity index (χ0n) is 8.92. The average Bonchev–Trinajstić information content (AvgIpc) is 2.84. The number of nitrogens with one attached hydrogen (secondary N) is 1. The first-order valence-corrected chi connectivity index (χ1v) is 5.64. The molecule has 2 aliphatic rings. The van der Waals surface area contributed by atoms with E-state index >= 15 is 0 Å². The molecule has 0 radical (unpaired) electrons. The summed E-state index contributed by atoms with van der Waals surface area (Å²) in [5, 5.41) is 3.40. The largest absolute Gasteiger partial charge is 0.311 e. The van der Waals surface area contributed by atoms with Crippen LogP contribution in [0.4, 0.5) is 8.78 Å². The van der Waals surface area contributed by atoms with Crippen molar-refractivity contribution >= 4 is 0 Å². The van der Waals surface area contributed by atoms with Crippen LogP contribution in [0.1, 0.15) is 12.0 Å². The molecular weight excluding hydrogens is 210 g/mol. The van der Waals surface area contributed by atoms with Crippen LogP contribution in [0.5, 0.6) is 0 Å². The third-order valence-electron chi connectivity index (χ3n) is 3.56. The molecule has 1 aromatic carbocycles. The van der Waals surface area contributed by atoms with Gasteiger partial charge in [-0.3, -0.25) is 4.90 Å². The highest BCUT2D eigenvalue weighted by Gasteiger charge is 2.37. The summed E-state index contributed by atoms with van der Waals surface area (Å²) in [5.41, 5.74) is 0.592. The maximum atomic E-state index is 13.5. The molecule has 3 rings (SSSR count). The summed E-state index contributed by atoms with van der Waals surface area (Å²) in [4.78, 5) is 2.28. The van der Waals surface area contributed by atoms with Gasteiger partial charge in [0.25, 0.3) is 0 Å². The molecule has 86 valence electrons. The van der Waals surface area contributed by atoms with Crippen LogP contribution in [0.25, 0.3) is 0 Å². The zero-order valence-corrected chi connectivity index (χ0v) is 8.92. The van der Waals surface area contributed by atoms with Gasteiger partial charge in [0.05, 0.1) is 0 Å². The Morgan fingerprint density at radius 2 is 2.25 bits per heavy atom. The van der Waals surface area contributed by atoms with Crippen molar-refractivity contribution in [3.63, 3.8) is 0 Å². The fourth-order valence-electron chi connectivity index (χ4n) is 2.71. The van der Waals surface area contributed by atoms with Gasteiger partial charge < -0.3 is 5.32 Å². The van der Waals surface area contributed by atoms with Gasteiger partial charge in [0.1, 0.15) is 11.6 Å². The monoisotopic (exact) mass is 224 g/mol. The van der Waals surface area contributed by atoms with Crippen molar-refractivity contribution in [2.45, 2.75) is 25.0 Å². The van der Waals surface area contributed by atoms with E-state index in [1.54, 1.807) is 6.07 Å². The minimum Gasteiger partial charge on any atom is -0.311 e. The van der Waals surface area contributed by atoms with Crippen molar-refractivity contribution in [3.05, 3.63) is 35.4 Å². The van der Waals surface area contributed by atoms with Crippen LogP contribution in [-0.4, -0.2) is 30.1 Å². The van der Waals surface area contributed by atoms with Crippen molar-refractivity contribution in [3.8, 4) is 0 Å². The van der Waals surface area contributed by atoms with Gasteiger partial charge in [-0.15, -0.1) is 0 Å². The summed E-state index contributed by atoms with van der Waals surface area (Å²) >= 11 is 0. The lowest BCUT2D eigenvalue weighted by Gasteiger charge is -2.27. The molecule has 2 bridgehead atoms. The molecule has 2 atom stereocenters. The normalized spacial score (nSPS) is 28.9. The van der Waals surface area contributed by atoms with Gasteiger partial charge in [0, 0.05) is 43.3 Å². The van der Waals surface area contributed by atoms with Gasteiger partial charge in [0.15, 0.2) is 0 Å². The Balaban J connectivity index is 1.74. The Kier molecular flexibility index (Phi) is 2.41. The number of rotatable bonds is 2. The number of likely N-dealkylation sites (tertiary alicyclic amines) is 1. The standard InChI is InChI=1S/C12H14F2N2/c13-9-2-1-8(12(14)3-9)6-16-7-10-4-11(16)5-15-10/h1-3,10-11,15H,4-7H2/t10-,11-/m1/s1. The molecule has 0 aromatic heterocycles. The first-order valence-electron chi connectivity index (χ1n) is 5.64. The predicted octanol–water partition coefficient (Wildman–Crippen LogP) is 1.51. The minimum absolute atomic E-state index is 0.435. The minimum atomic E-state index is -0.508. The lowest BCUT2D eigenvalue weighted by Crippen LogP contribution is -2.43. The van der Waals surface area contributed by atoms with Crippen molar-refractivity contribution < 1.29 is 8.78 Å². The summed E-state index contributed by atoms with van der Waals surface area (Å²) in [6.07, 6.45) is 1.16. The number of hydrogen-bond acceptors (Lipinski definition) is 2. The number of halogens is 2. The third kappa shape index (κ3) is 1.72. The summed E-state index contributed by atoms with van der Waals surface area (Å²) in [6, 6.07) is 4.92. The van der Waals surface area contributed by atoms with Gasteiger partial charge in [-0.1, -0.05) is 6.07 Å². The Bertz CT molecular complexity index is 408. The second-order valence-electron chi connectivity index (χ2n) is 4.66. The Morgan fingerprint density at radius 3 is 2.88 bits per heavy atom. The van der Waals surface area contributed by atoms with Gasteiger partial charge >= 0.3 is 0 Å². The lowest BCUT2D eigenvalue weighted by atomic mass is 10.1. The molecule has 2 nitrogen and oxygen atoms in total. The molecule has 2 aliphatic heterocycles. The maximum Gasteiger partial charge on any atom is 0.130 e. The smallest absolute Gasteiger partial charge is 0.130 e. The zero-order chi connectivity index (χ0) is 11.1. The quantitative estimate of drug-likeness (QED) is 0.819. The average molecular weight is 224 g/mol. The molecule has 0 spiro atoms. The topological polar surface area (TPSA) is 15.3 Å². The molecule has 1 aromatic rings. The Hall–Kier alpha value is -1.00. The van der Waals surface area contributed by atoms with Crippen LogP contribution in [0.15, 0.2) is 18.2 Å². The summed E-state index contributed by atoms with van der Waals surface area (Å²) < 4.78 is 26.2. The highest BCUT2D eigenvalue weighted by atomic mass is 19.1. The molecule has 2 fully saturated rings. The van der Waals surface area contributed by atoms with Gasteiger partial charge in [-0.2, -0.15) is 0 Å². The van der Waals surface area contributed by atoms with Crippen molar-refractivity contribution in [2.24, 2.45) is 0 Å². The molecular formula is C12H14F2N2. The summed E-state index contributed by atoms with van der Waals surface area (Å²) in [6.45, 7) is 2.56. The molecule has 4 heteroatoms. The van der Waals surface area contributed by atoms with E-state index in [0.29, 0.717) is 24.2 Å². The molecule has 2 saturated heterocycles. The van der Waals surface area contributed by atoms with Crippen LogP contribution >= 0.6 is 0 Å². The number of piperazine rings is 1. The molecule has 16 heavy (non-hydrogen) atoms. The van der Waals surface area contributed by atoms with E-state index < -0.39 is 11.6 Å². The van der Waals surface area contributed by atoms with Crippen molar-refractivity contribution in [1.29, 1.82) is 0 Å². The van der Waals surface area contributed by atoms with Crippen LogP contribution in [0.2, 0.25) is 0 Å². The predicted molar refractivity (Wildman–Crippen MR) is 57.0 cm³/mol. The first-order chi connectivity index (χ1) is 7.72. The fraction of sp³-hybridized carbons (Fsp3) is 0.500. The highest BCUT2D eigenvalue weighted by Crippen LogP contribution is 2.25. The number of nitrogens with zero attached hydrogens (tertiary/aromatic N) is 1.